The summed E-state index contributed by atoms with van der Waals surface area (Å²) in [4.78, 5) is 13.1. The number of H-pyrrole nitrogens is 1. The molecule has 3 aromatic carbocycles. The number of rotatable bonds is 11. The maximum absolute atomic E-state index is 15.4. The number of hydrogen-bond acceptors (Lipinski definition) is 6. The molecular weight excluding hydrogens is 525 g/mol. The largest absolute Gasteiger partial charge is 0.347 e. The number of aryl methyl sites for hydroxylation is 1. The van der Waals surface area contributed by atoms with E-state index in [1.807, 2.05) is 60.7 Å². The van der Waals surface area contributed by atoms with Gasteiger partial charge < -0.3 is 5.32 Å². The highest BCUT2D eigenvalue weighted by atomic mass is 32.1. The van der Waals surface area contributed by atoms with Crippen LogP contribution in [0.1, 0.15) is 40.7 Å². The van der Waals surface area contributed by atoms with Crippen molar-refractivity contribution in [1.29, 1.82) is 0 Å². The fourth-order valence-electron chi connectivity index (χ4n) is 4.70. The van der Waals surface area contributed by atoms with Crippen molar-refractivity contribution in [1.82, 2.24) is 35.7 Å². The highest BCUT2D eigenvalue weighted by molar-refractivity contribution is 7.80. The highest BCUT2D eigenvalue weighted by Gasteiger charge is 2.19. The molecule has 0 spiro atoms. The Morgan fingerprint density at radius 2 is 1.82 bits per heavy atom. The fourth-order valence-corrected chi connectivity index (χ4v) is 4.92. The number of nitrogens with one attached hydrogen (secondary N) is 2. The van der Waals surface area contributed by atoms with Crippen LogP contribution in [0.25, 0.3) is 22.5 Å². The molecule has 0 aliphatic rings. The van der Waals surface area contributed by atoms with Gasteiger partial charge in [-0.1, -0.05) is 80.1 Å². The van der Waals surface area contributed by atoms with Crippen molar-refractivity contribution in [3.05, 3.63) is 107 Å². The van der Waals surface area contributed by atoms with Crippen LogP contribution in [-0.4, -0.2) is 48.1 Å². The van der Waals surface area contributed by atoms with E-state index in [-0.39, 0.29) is 24.3 Å². The molecule has 0 aliphatic heterocycles. The number of benzene rings is 3. The minimum Gasteiger partial charge on any atom is -0.347 e. The van der Waals surface area contributed by atoms with Crippen molar-refractivity contribution < 1.29 is 9.18 Å². The molecule has 1 atom stereocenters. The first-order valence-electron chi connectivity index (χ1n) is 13.2. The molecule has 204 valence electrons. The molecule has 2 aromatic heterocycles. The third kappa shape index (κ3) is 6.28. The summed E-state index contributed by atoms with van der Waals surface area (Å²) in [6, 6.07) is 24.3. The number of nitrogens with zero attached hydrogens (tertiary/aromatic N) is 5. The lowest BCUT2D eigenvalue weighted by molar-refractivity contribution is 0.0935. The summed E-state index contributed by atoms with van der Waals surface area (Å²) in [5, 5.41) is 21.7. The predicted octanol–water partition coefficient (Wildman–Crippen LogP) is 5.14. The number of amides is 1. The average molecular weight is 556 g/mol. The number of thiol groups is 1. The molecule has 0 saturated carbocycles. The first kappa shape index (κ1) is 27.3. The standard InChI is InChI=1S/C30H30FN7OS/c1-2-8-24-17-28(30(39)32-23(19-40)15-20-9-4-3-5-10-20)35-38(24)18-22-14-13-21(16-27(22)31)25-11-6-7-12-26(25)29-33-36-37-34-29/h3-7,9-14,16-17,23,40H,2,8,15,18-19H2,1H3,(H,32,39)(H,33,34,36,37)/t23-/m1/s1. The van der Waals surface area contributed by atoms with Gasteiger partial charge in [0.2, 0.25) is 0 Å². The van der Waals surface area contributed by atoms with Gasteiger partial charge in [0.25, 0.3) is 5.91 Å². The van der Waals surface area contributed by atoms with Gasteiger partial charge in [0.15, 0.2) is 5.82 Å². The van der Waals surface area contributed by atoms with Crippen LogP contribution in [0.4, 0.5) is 4.39 Å². The van der Waals surface area contributed by atoms with Gasteiger partial charge in [0.05, 0.1) is 6.54 Å². The maximum atomic E-state index is 15.4. The normalized spacial score (nSPS) is 11.9. The Morgan fingerprint density at radius 3 is 2.52 bits per heavy atom. The molecular formula is C30H30FN7OS. The summed E-state index contributed by atoms with van der Waals surface area (Å²) in [5.74, 6) is 0.387. The van der Waals surface area contributed by atoms with Crippen molar-refractivity contribution in [2.75, 3.05) is 5.75 Å². The van der Waals surface area contributed by atoms with E-state index < -0.39 is 0 Å². The van der Waals surface area contributed by atoms with Gasteiger partial charge in [0.1, 0.15) is 11.5 Å². The molecule has 0 bridgehead atoms. The third-order valence-electron chi connectivity index (χ3n) is 6.69. The smallest absolute Gasteiger partial charge is 0.272 e. The molecule has 8 nitrogen and oxygen atoms in total. The fraction of sp³-hybridized carbons (Fsp3) is 0.233. The minimum atomic E-state index is -0.357. The van der Waals surface area contributed by atoms with E-state index in [1.54, 1.807) is 16.8 Å². The summed E-state index contributed by atoms with van der Waals surface area (Å²) in [5.41, 5.74) is 5.09. The van der Waals surface area contributed by atoms with E-state index in [9.17, 15) is 4.79 Å². The number of aromatic nitrogens is 6. The average Bonchev–Trinajstić information content (AvgIpc) is 3.65. The van der Waals surface area contributed by atoms with Gasteiger partial charge in [-0.3, -0.25) is 9.48 Å². The van der Waals surface area contributed by atoms with Crippen LogP contribution >= 0.6 is 12.6 Å². The van der Waals surface area contributed by atoms with Crippen molar-refractivity contribution in [3.8, 4) is 22.5 Å². The molecule has 5 rings (SSSR count). The van der Waals surface area contributed by atoms with Gasteiger partial charge in [-0.2, -0.15) is 17.7 Å². The predicted molar refractivity (Wildman–Crippen MR) is 156 cm³/mol. The molecule has 0 aliphatic carbocycles. The summed E-state index contributed by atoms with van der Waals surface area (Å²) < 4.78 is 17.1. The van der Waals surface area contributed by atoms with Crippen LogP contribution in [-0.2, 0) is 19.4 Å². The van der Waals surface area contributed by atoms with Crippen LogP contribution < -0.4 is 5.32 Å². The second kappa shape index (κ2) is 12.7. The maximum Gasteiger partial charge on any atom is 0.272 e. The zero-order valence-electron chi connectivity index (χ0n) is 22.1. The van der Waals surface area contributed by atoms with Gasteiger partial charge in [-0.25, -0.2) is 9.49 Å². The van der Waals surface area contributed by atoms with E-state index in [4.69, 9.17) is 0 Å². The van der Waals surface area contributed by atoms with Gasteiger partial charge in [-0.05, 0) is 52.1 Å². The number of carbonyl (C=O) groups is 1. The molecule has 0 radical (unpaired) electrons. The first-order chi connectivity index (χ1) is 19.6. The second-order valence-electron chi connectivity index (χ2n) is 9.57. The van der Waals surface area contributed by atoms with E-state index >= 15 is 4.39 Å². The Kier molecular flexibility index (Phi) is 8.65. The zero-order valence-corrected chi connectivity index (χ0v) is 23.0. The zero-order chi connectivity index (χ0) is 27.9. The van der Waals surface area contributed by atoms with E-state index in [2.05, 4.69) is 50.6 Å². The van der Waals surface area contributed by atoms with Crippen LogP contribution in [0.3, 0.4) is 0 Å². The second-order valence-corrected chi connectivity index (χ2v) is 9.94. The quantitative estimate of drug-likeness (QED) is 0.196. The number of carbonyl (C=O) groups excluding carboxylic acids is 1. The molecule has 0 fully saturated rings. The van der Waals surface area contributed by atoms with Gasteiger partial charge >= 0.3 is 0 Å². The van der Waals surface area contributed by atoms with E-state index in [0.717, 1.165) is 35.2 Å². The Balaban J connectivity index is 1.35. The molecule has 10 heteroatoms. The molecule has 5 aromatic rings. The SMILES string of the molecule is CCCc1cc(C(=O)N[C@@H](CS)Cc2ccccc2)nn1Cc1ccc(-c2ccccc2-c2nnn[nH]2)cc1F. The van der Waals surface area contributed by atoms with Gasteiger partial charge in [-0.15, -0.1) is 5.10 Å². The lowest BCUT2D eigenvalue weighted by Gasteiger charge is -2.16. The van der Waals surface area contributed by atoms with E-state index in [0.29, 0.717) is 34.8 Å². The number of hydrogen-bond donors (Lipinski definition) is 3. The first-order valence-corrected chi connectivity index (χ1v) is 13.8. The van der Waals surface area contributed by atoms with Crippen LogP contribution in [0.5, 0.6) is 0 Å². The van der Waals surface area contributed by atoms with E-state index in [1.165, 1.54) is 6.07 Å². The number of aromatic amines is 1. The minimum absolute atomic E-state index is 0.140. The summed E-state index contributed by atoms with van der Waals surface area (Å²) in [7, 11) is 0. The molecule has 40 heavy (non-hydrogen) atoms. The lowest BCUT2D eigenvalue weighted by atomic mass is 9.98. The van der Waals surface area contributed by atoms with Crippen LogP contribution in [0.15, 0.2) is 78.9 Å². The van der Waals surface area contributed by atoms with Crippen LogP contribution in [0.2, 0.25) is 0 Å². The van der Waals surface area contributed by atoms with Crippen molar-refractivity contribution in [2.45, 2.75) is 38.8 Å². The highest BCUT2D eigenvalue weighted by Crippen LogP contribution is 2.31. The summed E-state index contributed by atoms with van der Waals surface area (Å²) in [6.45, 7) is 2.27. The summed E-state index contributed by atoms with van der Waals surface area (Å²) in [6.07, 6.45) is 2.26. The van der Waals surface area contributed by atoms with Crippen molar-refractivity contribution in [3.63, 3.8) is 0 Å². The summed E-state index contributed by atoms with van der Waals surface area (Å²) >= 11 is 4.43. The molecule has 0 unspecified atom stereocenters. The van der Waals surface area contributed by atoms with Gasteiger partial charge in [0, 0.05) is 28.6 Å². The number of halogens is 1. The van der Waals surface area contributed by atoms with Crippen LogP contribution in [0, 0.1) is 5.82 Å². The van der Waals surface area contributed by atoms with Crippen molar-refractivity contribution in [2.24, 2.45) is 0 Å². The Morgan fingerprint density at radius 1 is 1.05 bits per heavy atom. The number of tetrazole rings is 1. The lowest BCUT2D eigenvalue weighted by Crippen LogP contribution is -2.38. The Bertz CT molecular complexity index is 1570. The molecule has 1 amide bonds. The molecule has 2 heterocycles. The van der Waals surface area contributed by atoms with Crippen molar-refractivity contribution >= 4 is 18.5 Å². The third-order valence-corrected chi connectivity index (χ3v) is 7.14. The Labute approximate surface area is 237 Å². The topological polar surface area (TPSA) is 101 Å². The molecule has 2 N–H and O–H groups in total. The Hall–Kier alpha value is -4.31. The monoisotopic (exact) mass is 555 g/mol. The molecule has 0 saturated heterocycles.